The molecule has 0 saturated heterocycles. The van der Waals surface area contributed by atoms with E-state index in [1.54, 1.807) is 12.1 Å². The van der Waals surface area contributed by atoms with Crippen LogP contribution in [0.4, 0.5) is 4.39 Å². The van der Waals surface area contributed by atoms with Gasteiger partial charge in [0, 0.05) is 17.1 Å². The van der Waals surface area contributed by atoms with Crippen LogP contribution in [0.5, 0.6) is 0 Å². The molecule has 0 amide bonds. The molecule has 1 unspecified atom stereocenters. The van der Waals surface area contributed by atoms with E-state index in [2.05, 4.69) is 45.5 Å². The van der Waals surface area contributed by atoms with Crippen LogP contribution in [0, 0.1) is 5.82 Å². The Labute approximate surface area is 114 Å². The Bertz CT molecular complexity index is 582. The molecule has 0 aromatic heterocycles. The summed E-state index contributed by atoms with van der Waals surface area (Å²) in [6, 6.07) is 13.5. The Morgan fingerprint density at radius 3 is 2.94 bits per heavy atom. The highest BCUT2D eigenvalue weighted by Gasteiger charge is 2.22. The van der Waals surface area contributed by atoms with Crippen molar-refractivity contribution in [3.63, 3.8) is 0 Å². The van der Waals surface area contributed by atoms with Crippen molar-refractivity contribution in [3.05, 3.63) is 69.4 Å². The van der Waals surface area contributed by atoms with Gasteiger partial charge < -0.3 is 5.32 Å². The molecule has 1 atom stereocenters. The van der Waals surface area contributed by atoms with Crippen molar-refractivity contribution in [2.75, 3.05) is 0 Å². The van der Waals surface area contributed by atoms with E-state index in [0.29, 0.717) is 0 Å². The highest BCUT2D eigenvalue weighted by Crippen LogP contribution is 2.30. The predicted octanol–water partition coefficient (Wildman–Crippen LogP) is 3.98. The second kappa shape index (κ2) is 4.82. The summed E-state index contributed by atoms with van der Waals surface area (Å²) in [7, 11) is 0. The van der Waals surface area contributed by atoms with E-state index in [0.717, 1.165) is 23.0 Å². The summed E-state index contributed by atoms with van der Waals surface area (Å²) in [6.45, 7) is 0.897. The zero-order chi connectivity index (χ0) is 12.5. The molecule has 18 heavy (non-hydrogen) atoms. The number of benzene rings is 2. The number of hydrogen-bond acceptors (Lipinski definition) is 1. The van der Waals surface area contributed by atoms with Gasteiger partial charge in [-0.3, -0.25) is 0 Å². The number of rotatable bonds is 2. The fourth-order valence-electron chi connectivity index (χ4n) is 2.48. The first-order valence-electron chi connectivity index (χ1n) is 5.99. The third-order valence-corrected chi connectivity index (χ3v) is 4.17. The van der Waals surface area contributed by atoms with E-state index in [1.165, 1.54) is 17.2 Å². The van der Waals surface area contributed by atoms with Gasteiger partial charge in [0.05, 0.1) is 0 Å². The maximum atomic E-state index is 13.3. The first kappa shape index (κ1) is 11.9. The molecule has 1 heterocycles. The predicted molar refractivity (Wildman–Crippen MR) is 73.8 cm³/mol. The zero-order valence-corrected chi connectivity index (χ0v) is 11.4. The average Bonchev–Trinajstić information content (AvgIpc) is 2.78. The highest BCUT2D eigenvalue weighted by atomic mass is 79.9. The molecule has 0 bridgehead atoms. The second-order valence-corrected chi connectivity index (χ2v) is 5.43. The summed E-state index contributed by atoms with van der Waals surface area (Å²) in [4.78, 5) is 0. The van der Waals surface area contributed by atoms with Gasteiger partial charge in [0.1, 0.15) is 5.82 Å². The number of nitrogens with one attached hydrogen (secondary N) is 1. The summed E-state index contributed by atoms with van der Waals surface area (Å²) < 4.78 is 14.2. The minimum absolute atomic E-state index is 0.181. The van der Waals surface area contributed by atoms with Crippen LogP contribution in [0.1, 0.15) is 22.7 Å². The molecule has 92 valence electrons. The van der Waals surface area contributed by atoms with Crippen LogP contribution in [0.25, 0.3) is 0 Å². The van der Waals surface area contributed by atoms with E-state index >= 15 is 0 Å². The van der Waals surface area contributed by atoms with Crippen LogP contribution in [-0.2, 0) is 13.0 Å². The summed E-state index contributed by atoms with van der Waals surface area (Å²) in [5.74, 6) is -0.181. The quantitative estimate of drug-likeness (QED) is 0.885. The zero-order valence-electron chi connectivity index (χ0n) is 9.79. The van der Waals surface area contributed by atoms with Crippen molar-refractivity contribution in [1.29, 1.82) is 0 Å². The van der Waals surface area contributed by atoms with Crippen molar-refractivity contribution in [2.45, 2.75) is 19.0 Å². The van der Waals surface area contributed by atoms with Gasteiger partial charge in [-0.1, -0.05) is 40.2 Å². The van der Waals surface area contributed by atoms with Crippen molar-refractivity contribution in [2.24, 2.45) is 0 Å². The lowest BCUT2D eigenvalue weighted by atomic mass is 9.99. The van der Waals surface area contributed by atoms with Crippen LogP contribution < -0.4 is 5.32 Å². The van der Waals surface area contributed by atoms with Gasteiger partial charge in [0.25, 0.3) is 0 Å². The topological polar surface area (TPSA) is 12.0 Å². The normalized spacial score (nSPS) is 17.8. The number of hydrogen-bond donors (Lipinski definition) is 1. The van der Waals surface area contributed by atoms with Crippen molar-refractivity contribution < 1.29 is 4.39 Å². The number of halogens is 2. The first-order valence-corrected chi connectivity index (χ1v) is 6.78. The summed E-state index contributed by atoms with van der Waals surface area (Å²) in [5.41, 5.74) is 3.67. The maximum absolute atomic E-state index is 13.3. The lowest BCUT2D eigenvalue weighted by molar-refractivity contribution is 0.574. The van der Waals surface area contributed by atoms with Gasteiger partial charge in [-0.05, 0) is 41.3 Å². The molecular formula is C15H13BrFN. The Kier molecular flexibility index (Phi) is 3.18. The second-order valence-electron chi connectivity index (χ2n) is 4.57. The lowest BCUT2D eigenvalue weighted by Gasteiger charge is -2.13. The minimum Gasteiger partial charge on any atom is -0.306 e. The molecule has 0 aliphatic carbocycles. The van der Waals surface area contributed by atoms with Crippen molar-refractivity contribution in [1.82, 2.24) is 5.32 Å². The molecule has 3 heteroatoms. The van der Waals surface area contributed by atoms with Crippen LogP contribution >= 0.6 is 15.9 Å². The third kappa shape index (κ3) is 2.20. The Hall–Kier alpha value is -1.19. The van der Waals surface area contributed by atoms with Crippen LogP contribution in [0.2, 0.25) is 0 Å². The molecule has 3 rings (SSSR count). The molecule has 0 saturated carbocycles. The lowest BCUT2D eigenvalue weighted by Crippen LogP contribution is -2.15. The van der Waals surface area contributed by atoms with Gasteiger partial charge in [0.15, 0.2) is 0 Å². The standard InChI is InChI=1S/C15H13BrFN/c16-14-6-5-12(17)7-11(14)8-15-13-4-2-1-3-10(13)9-18-15/h1-7,15,18H,8-9H2. The first-order chi connectivity index (χ1) is 8.74. The maximum Gasteiger partial charge on any atom is 0.123 e. The fraction of sp³-hybridized carbons (Fsp3) is 0.200. The van der Waals surface area contributed by atoms with Crippen molar-refractivity contribution >= 4 is 15.9 Å². The Morgan fingerprint density at radius 2 is 2.06 bits per heavy atom. The summed E-state index contributed by atoms with van der Waals surface area (Å²) >= 11 is 3.48. The molecule has 1 N–H and O–H groups in total. The molecule has 1 aliphatic heterocycles. The van der Waals surface area contributed by atoms with E-state index in [1.807, 2.05) is 0 Å². The van der Waals surface area contributed by atoms with Gasteiger partial charge in [-0.2, -0.15) is 0 Å². The highest BCUT2D eigenvalue weighted by molar-refractivity contribution is 9.10. The molecule has 1 nitrogen and oxygen atoms in total. The van der Waals surface area contributed by atoms with Crippen molar-refractivity contribution in [3.8, 4) is 0 Å². The van der Waals surface area contributed by atoms with E-state index in [9.17, 15) is 4.39 Å². The molecule has 0 radical (unpaired) electrons. The summed E-state index contributed by atoms with van der Waals surface area (Å²) in [6.07, 6.45) is 0.801. The Morgan fingerprint density at radius 1 is 1.22 bits per heavy atom. The third-order valence-electron chi connectivity index (χ3n) is 3.40. The molecule has 2 aromatic rings. The van der Waals surface area contributed by atoms with Crippen LogP contribution in [0.15, 0.2) is 46.9 Å². The summed E-state index contributed by atoms with van der Waals surface area (Å²) in [5, 5.41) is 3.47. The van der Waals surface area contributed by atoms with Gasteiger partial charge in [0.2, 0.25) is 0 Å². The Balaban J connectivity index is 1.88. The SMILES string of the molecule is Fc1ccc(Br)c(CC2NCc3ccccc32)c1. The molecule has 1 aliphatic rings. The van der Waals surface area contributed by atoms with Gasteiger partial charge >= 0.3 is 0 Å². The smallest absolute Gasteiger partial charge is 0.123 e. The van der Waals surface area contributed by atoms with E-state index < -0.39 is 0 Å². The number of fused-ring (bicyclic) bond motifs is 1. The van der Waals surface area contributed by atoms with Crippen LogP contribution in [-0.4, -0.2) is 0 Å². The molecule has 0 spiro atoms. The molecule has 2 aromatic carbocycles. The average molecular weight is 306 g/mol. The molecule has 0 fully saturated rings. The minimum atomic E-state index is -0.181. The fourth-order valence-corrected chi connectivity index (χ4v) is 2.89. The largest absolute Gasteiger partial charge is 0.306 e. The van der Waals surface area contributed by atoms with Gasteiger partial charge in [-0.15, -0.1) is 0 Å². The van der Waals surface area contributed by atoms with Crippen LogP contribution in [0.3, 0.4) is 0 Å². The molecular weight excluding hydrogens is 293 g/mol. The van der Waals surface area contributed by atoms with E-state index in [4.69, 9.17) is 0 Å². The van der Waals surface area contributed by atoms with Gasteiger partial charge in [-0.25, -0.2) is 4.39 Å². The van der Waals surface area contributed by atoms with E-state index in [-0.39, 0.29) is 11.9 Å². The monoisotopic (exact) mass is 305 g/mol.